The second-order valence-corrected chi connectivity index (χ2v) is 11.4. The Hall–Kier alpha value is -0.0100. The number of phosphoric ester groups is 1. The molecule has 0 saturated carbocycles. The zero-order chi connectivity index (χ0) is 24.5. The van der Waals surface area contributed by atoms with Crippen molar-refractivity contribution < 1.29 is 33.2 Å². The number of hydrogen-bond donors (Lipinski definition) is 3. The van der Waals surface area contributed by atoms with E-state index in [0.717, 1.165) is 32.1 Å². The predicted molar refractivity (Wildman–Crippen MR) is 132 cm³/mol. The first-order valence-corrected chi connectivity index (χ1v) is 14.3. The molecule has 7 nitrogen and oxygen atoms in total. The van der Waals surface area contributed by atoms with Crippen molar-refractivity contribution >= 4 is 7.82 Å². The lowest BCUT2D eigenvalue weighted by Gasteiger charge is -2.39. The van der Waals surface area contributed by atoms with Crippen LogP contribution in [0.5, 0.6) is 0 Å². The van der Waals surface area contributed by atoms with Gasteiger partial charge in [-0.05, 0) is 12.8 Å². The van der Waals surface area contributed by atoms with Crippen LogP contribution in [0.1, 0.15) is 104 Å². The van der Waals surface area contributed by atoms with Crippen molar-refractivity contribution in [3.05, 3.63) is 0 Å². The van der Waals surface area contributed by atoms with Gasteiger partial charge < -0.3 is 19.6 Å². The minimum Gasteiger partial charge on any atom is -0.394 e. The molecule has 0 aromatic carbocycles. The molecule has 32 heavy (non-hydrogen) atoms. The summed E-state index contributed by atoms with van der Waals surface area (Å²) in [6.07, 6.45) is 14.1. The van der Waals surface area contributed by atoms with Gasteiger partial charge in [-0.15, -0.1) is 0 Å². The van der Waals surface area contributed by atoms with Crippen LogP contribution < -0.4 is 0 Å². The van der Waals surface area contributed by atoms with Crippen molar-refractivity contribution in [1.29, 1.82) is 0 Å². The van der Waals surface area contributed by atoms with Gasteiger partial charge in [0.25, 0.3) is 0 Å². The maximum absolute atomic E-state index is 12.6. The fraction of sp³-hybridized carbons (Fsp3) is 1.00. The summed E-state index contributed by atoms with van der Waals surface area (Å²) in [5.41, 5.74) is 0. The molecule has 4 atom stereocenters. The van der Waals surface area contributed by atoms with Gasteiger partial charge in [0.05, 0.1) is 34.4 Å². The molecule has 0 amide bonds. The molecule has 0 saturated heterocycles. The number of aliphatic hydroxyl groups excluding tert-OH is 2. The highest BCUT2D eigenvalue weighted by atomic mass is 31.2. The van der Waals surface area contributed by atoms with Crippen molar-refractivity contribution in [2.24, 2.45) is 0 Å². The van der Waals surface area contributed by atoms with Crippen molar-refractivity contribution in [3.8, 4) is 0 Å². The smallest absolute Gasteiger partial charge is 0.394 e. The Bertz CT molecular complexity index is 486. The summed E-state index contributed by atoms with van der Waals surface area (Å²) in [5, 5.41) is 18.4. The summed E-state index contributed by atoms with van der Waals surface area (Å²) < 4.78 is 24.0. The van der Waals surface area contributed by atoms with Crippen LogP contribution in [-0.2, 0) is 13.6 Å². The fourth-order valence-electron chi connectivity index (χ4n) is 4.08. The molecular formula is C24H53NO6P+. The Morgan fingerprint density at radius 3 is 1.75 bits per heavy atom. The summed E-state index contributed by atoms with van der Waals surface area (Å²) in [4.78, 5) is 10.3. The van der Waals surface area contributed by atoms with E-state index in [1.165, 1.54) is 51.4 Å². The molecular weight excluding hydrogens is 429 g/mol. The van der Waals surface area contributed by atoms with Gasteiger partial charge >= 0.3 is 7.82 Å². The van der Waals surface area contributed by atoms with Crippen LogP contribution in [-0.4, -0.2) is 72.2 Å². The number of nitrogens with zero attached hydrogens (tertiary/aromatic N) is 1. The lowest BCUT2D eigenvalue weighted by molar-refractivity contribution is -0.900. The van der Waals surface area contributed by atoms with Crippen LogP contribution in [0.3, 0.4) is 0 Å². The van der Waals surface area contributed by atoms with Gasteiger partial charge in [0, 0.05) is 6.42 Å². The van der Waals surface area contributed by atoms with E-state index >= 15 is 0 Å². The van der Waals surface area contributed by atoms with Gasteiger partial charge in [0.2, 0.25) is 0 Å². The first-order chi connectivity index (χ1) is 15.1. The average Bonchev–Trinajstić information content (AvgIpc) is 2.72. The molecule has 194 valence electrons. The van der Waals surface area contributed by atoms with E-state index in [9.17, 15) is 14.6 Å². The van der Waals surface area contributed by atoms with Gasteiger partial charge in [0.1, 0.15) is 18.2 Å². The molecule has 0 rings (SSSR count). The quantitative estimate of drug-likeness (QED) is 0.108. The second-order valence-electron chi connectivity index (χ2n) is 10.0. The highest BCUT2D eigenvalue weighted by Crippen LogP contribution is 2.47. The second kappa shape index (κ2) is 18.3. The number of quaternary nitrogens is 1. The topological polar surface area (TPSA) is 96.2 Å². The molecule has 0 aliphatic rings. The molecule has 0 aromatic rings. The van der Waals surface area contributed by atoms with E-state index in [-0.39, 0.29) is 6.04 Å². The van der Waals surface area contributed by atoms with E-state index < -0.39 is 33.2 Å². The molecule has 0 radical (unpaired) electrons. The van der Waals surface area contributed by atoms with Crippen molar-refractivity contribution in [1.82, 2.24) is 0 Å². The Kier molecular flexibility index (Phi) is 18.3. The average molecular weight is 483 g/mol. The summed E-state index contributed by atoms with van der Waals surface area (Å²) in [6.45, 7) is 3.46. The number of likely N-dealkylation sites (N-methyl/N-ethyl adjacent to an activating group) is 1. The third-order valence-corrected chi connectivity index (χ3v) is 7.04. The number of aliphatic hydroxyl groups is 2. The van der Waals surface area contributed by atoms with Gasteiger partial charge in [0.15, 0.2) is 0 Å². The third kappa shape index (κ3) is 16.6. The largest absolute Gasteiger partial charge is 0.472 e. The fourth-order valence-corrected chi connectivity index (χ4v) is 5.09. The molecule has 0 heterocycles. The van der Waals surface area contributed by atoms with Crippen LogP contribution in [0.15, 0.2) is 0 Å². The summed E-state index contributed by atoms with van der Waals surface area (Å²) in [7, 11) is 1.99. The number of rotatable bonds is 22. The summed E-state index contributed by atoms with van der Waals surface area (Å²) in [6, 6.07) is 0.0728. The third-order valence-electron chi connectivity index (χ3n) is 6.03. The van der Waals surface area contributed by atoms with Crippen LogP contribution >= 0.6 is 7.82 Å². The van der Waals surface area contributed by atoms with E-state index in [4.69, 9.17) is 14.2 Å². The first-order valence-electron chi connectivity index (χ1n) is 12.8. The normalized spacial score (nSPS) is 17.1. The minimum atomic E-state index is -4.34. The van der Waals surface area contributed by atoms with E-state index in [1.807, 2.05) is 0 Å². The molecule has 0 fully saturated rings. The van der Waals surface area contributed by atoms with Crippen LogP contribution in [0.4, 0.5) is 0 Å². The van der Waals surface area contributed by atoms with E-state index in [1.54, 1.807) is 0 Å². The number of phosphoric acid groups is 1. The Morgan fingerprint density at radius 1 is 0.812 bits per heavy atom. The van der Waals surface area contributed by atoms with Gasteiger partial charge in [-0.25, -0.2) is 4.57 Å². The van der Waals surface area contributed by atoms with Crippen molar-refractivity contribution in [2.45, 2.75) is 122 Å². The highest BCUT2D eigenvalue weighted by molar-refractivity contribution is 7.47. The number of hydrogen-bond acceptors (Lipinski definition) is 5. The molecule has 3 N–H and O–H groups in total. The van der Waals surface area contributed by atoms with Crippen LogP contribution in [0.25, 0.3) is 0 Å². The zero-order valence-electron chi connectivity index (χ0n) is 21.5. The first kappa shape index (κ1) is 32.0. The highest BCUT2D eigenvalue weighted by Gasteiger charge is 2.38. The lowest BCUT2D eigenvalue weighted by Crippen LogP contribution is -2.52. The summed E-state index contributed by atoms with van der Waals surface area (Å²) >= 11 is 0. The molecule has 0 aliphatic heterocycles. The van der Waals surface area contributed by atoms with E-state index in [2.05, 4.69) is 35.0 Å². The standard InChI is InChI=1S/C24H52NO6P/c1-6-8-10-12-14-16-18-23(25(3,4)5)24(19-17-15-13-11-9-7-2)31-32(28,29)30-21-22(27)20-26/h22-24,26-27H,6-21H2,1-5H3/p+1. The molecule has 0 spiro atoms. The van der Waals surface area contributed by atoms with Gasteiger partial charge in [-0.2, -0.15) is 0 Å². The molecule has 4 unspecified atom stereocenters. The van der Waals surface area contributed by atoms with Crippen molar-refractivity contribution in [2.75, 3.05) is 34.4 Å². The zero-order valence-corrected chi connectivity index (χ0v) is 22.4. The lowest BCUT2D eigenvalue weighted by atomic mass is 9.95. The summed E-state index contributed by atoms with van der Waals surface area (Å²) in [5.74, 6) is 0. The minimum absolute atomic E-state index is 0.0728. The van der Waals surface area contributed by atoms with Gasteiger partial charge in [-0.3, -0.25) is 9.05 Å². The van der Waals surface area contributed by atoms with Crippen LogP contribution in [0.2, 0.25) is 0 Å². The maximum Gasteiger partial charge on any atom is 0.472 e. The van der Waals surface area contributed by atoms with E-state index in [0.29, 0.717) is 10.9 Å². The van der Waals surface area contributed by atoms with Crippen LogP contribution in [0, 0.1) is 0 Å². The molecule has 0 aromatic heterocycles. The Morgan fingerprint density at radius 2 is 1.28 bits per heavy atom. The Balaban J connectivity index is 5.09. The predicted octanol–water partition coefficient (Wildman–Crippen LogP) is 5.42. The Labute approximate surface area is 197 Å². The van der Waals surface area contributed by atoms with Crippen molar-refractivity contribution in [3.63, 3.8) is 0 Å². The molecule has 8 heteroatoms. The molecule has 0 aliphatic carbocycles. The maximum atomic E-state index is 12.6. The van der Waals surface area contributed by atoms with Gasteiger partial charge in [-0.1, -0.05) is 84.5 Å². The SMILES string of the molecule is CCCCCCCCC(OP(=O)(O)OCC(O)CO)C(CCCCCCCC)[N+](C)(C)C. The number of unbranched alkanes of at least 4 members (excludes halogenated alkanes) is 10. The molecule has 0 bridgehead atoms. The monoisotopic (exact) mass is 482 g/mol.